The molecule has 0 radical (unpaired) electrons. The van der Waals surface area contributed by atoms with Gasteiger partial charge in [0.05, 0.1) is 5.69 Å². The molecule has 136 valence electrons. The number of carbonyl (C=O) groups excluding carboxylic acids is 1. The second-order valence-electron chi connectivity index (χ2n) is 5.46. The molecule has 0 spiro atoms. The van der Waals surface area contributed by atoms with Gasteiger partial charge in [0, 0.05) is 31.6 Å². The third kappa shape index (κ3) is 4.50. The van der Waals surface area contributed by atoms with Crippen LogP contribution in [-0.4, -0.2) is 39.6 Å². The van der Waals surface area contributed by atoms with Crippen LogP contribution in [-0.2, 0) is 6.42 Å². The molecule has 0 atom stereocenters. The minimum atomic E-state index is -4.51. The molecular formula is C17H15F3N4O2. The van der Waals surface area contributed by atoms with E-state index in [2.05, 4.69) is 20.0 Å². The first-order valence-electron chi connectivity index (χ1n) is 7.78. The highest BCUT2D eigenvalue weighted by Gasteiger charge is 2.29. The predicted molar refractivity (Wildman–Crippen MR) is 87.0 cm³/mol. The Morgan fingerprint density at radius 3 is 2.85 bits per heavy atom. The number of carbonyl (C=O) groups is 1. The molecule has 1 N–H and O–H groups in total. The monoisotopic (exact) mass is 364 g/mol. The summed E-state index contributed by atoms with van der Waals surface area (Å²) in [6, 6.07) is 8.43. The molecule has 0 saturated heterocycles. The maximum absolute atomic E-state index is 12.3. The molecule has 0 unspecified atom stereocenters. The third-order valence-corrected chi connectivity index (χ3v) is 3.47. The highest BCUT2D eigenvalue weighted by atomic mass is 19.4. The van der Waals surface area contributed by atoms with Gasteiger partial charge in [-0.1, -0.05) is 6.07 Å². The Balaban J connectivity index is 1.59. The molecule has 0 fully saturated rings. The van der Waals surface area contributed by atoms with E-state index in [0.29, 0.717) is 6.42 Å². The van der Waals surface area contributed by atoms with E-state index in [-0.39, 0.29) is 18.0 Å². The number of imidazole rings is 1. The van der Waals surface area contributed by atoms with Crippen molar-refractivity contribution in [3.8, 4) is 5.88 Å². The van der Waals surface area contributed by atoms with E-state index in [1.807, 2.05) is 35.0 Å². The van der Waals surface area contributed by atoms with Crippen molar-refractivity contribution in [3.05, 3.63) is 60.2 Å². The number of nitrogens with zero attached hydrogens (tertiary/aromatic N) is 3. The predicted octanol–water partition coefficient (Wildman–Crippen LogP) is 2.64. The number of ether oxygens (including phenoxy) is 1. The second-order valence-corrected chi connectivity index (χ2v) is 5.46. The van der Waals surface area contributed by atoms with Crippen molar-refractivity contribution in [1.82, 2.24) is 19.7 Å². The molecule has 0 bridgehead atoms. The van der Waals surface area contributed by atoms with Gasteiger partial charge in [0.2, 0.25) is 5.88 Å². The van der Waals surface area contributed by atoms with Crippen molar-refractivity contribution < 1.29 is 22.7 Å². The van der Waals surface area contributed by atoms with Crippen molar-refractivity contribution >= 4 is 11.6 Å². The van der Waals surface area contributed by atoms with Crippen molar-refractivity contribution in [3.63, 3.8) is 0 Å². The van der Waals surface area contributed by atoms with Gasteiger partial charge >= 0.3 is 6.18 Å². The van der Waals surface area contributed by atoms with Crippen LogP contribution in [0.2, 0.25) is 0 Å². The molecule has 6 nitrogen and oxygen atoms in total. The lowest BCUT2D eigenvalue weighted by molar-refractivity contribution is -0.154. The number of nitrogens with one attached hydrogen (secondary N) is 1. The van der Waals surface area contributed by atoms with Crippen molar-refractivity contribution in [2.45, 2.75) is 12.6 Å². The average Bonchev–Trinajstić information content (AvgIpc) is 3.02. The minimum absolute atomic E-state index is 0.0493. The first-order valence-corrected chi connectivity index (χ1v) is 7.78. The molecule has 0 aliphatic rings. The lowest BCUT2D eigenvalue weighted by Crippen LogP contribution is -2.27. The summed E-state index contributed by atoms with van der Waals surface area (Å²) in [6.45, 7) is -1.23. The van der Waals surface area contributed by atoms with E-state index in [1.165, 1.54) is 18.3 Å². The SMILES string of the molecule is O=C(NCCc1cn2ccccc2n1)c1cccnc1OCC(F)(F)F. The fourth-order valence-corrected chi connectivity index (χ4v) is 2.34. The number of aromatic nitrogens is 3. The molecule has 3 rings (SSSR count). The molecule has 3 aromatic heterocycles. The lowest BCUT2D eigenvalue weighted by Gasteiger charge is -2.11. The molecule has 3 heterocycles. The summed E-state index contributed by atoms with van der Waals surface area (Å²) in [5.74, 6) is -0.908. The van der Waals surface area contributed by atoms with E-state index < -0.39 is 18.7 Å². The Morgan fingerprint density at radius 1 is 1.23 bits per heavy atom. The standard InChI is InChI=1S/C17H15F3N4O2/c18-17(19,20)11-26-16-13(4-3-7-22-16)15(25)21-8-6-12-10-24-9-2-1-5-14(24)23-12/h1-5,7,9-10H,6,8,11H2,(H,21,25). The van der Waals surface area contributed by atoms with E-state index >= 15 is 0 Å². The van der Waals surface area contributed by atoms with Crippen LogP contribution in [0.3, 0.4) is 0 Å². The van der Waals surface area contributed by atoms with Crippen molar-refractivity contribution in [2.75, 3.05) is 13.2 Å². The van der Waals surface area contributed by atoms with Crippen LogP contribution >= 0.6 is 0 Å². The number of fused-ring (bicyclic) bond motifs is 1. The van der Waals surface area contributed by atoms with Gasteiger partial charge in [0.25, 0.3) is 5.91 Å². The highest BCUT2D eigenvalue weighted by Crippen LogP contribution is 2.19. The topological polar surface area (TPSA) is 68.5 Å². The van der Waals surface area contributed by atoms with Gasteiger partial charge in [-0.05, 0) is 24.3 Å². The number of hydrogen-bond acceptors (Lipinski definition) is 4. The fourth-order valence-electron chi connectivity index (χ4n) is 2.34. The van der Waals surface area contributed by atoms with Crippen LogP contribution in [0.5, 0.6) is 5.88 Å². The number of halogens is 3. The Labute approximate surface area is 146 Å². The van der Waals surface area contributed by atoms with Crippen molar-refractivity contribution in [2.24, 2.45) is 0 Å². The Bertz CT molecular complexity index is 875. The molecule has 0 aliphatic carbocycles. The smallest absolute Gasteiger partial charge is 0.422 e. The largest absolute Gasteiger partial charge is 0.467 e. The number of hydrogen-bond donors (Lipinski definition) is 1. The molecule has 0 aliphatic heterocycles. The summed E-state index contributed by atoms with van der Waals surface area (Å²) in [4.78, 5) is 20.3. The summed E-state index contributed by atoms with van der Waals surface area (Å²) in [7, 11) is 0. The molecule has 3 aromatic rings. The molecule has 9 heteroatoms. The van der Waals surface area contributed by atoms with Crippen LogP contribution in [0.25, 0.3) is 5.65 Å². The zero-order chi connectivity index (χ0) is 18.6. The zero-order valence-electron chi connectivity index (χ0n) is 13.5. The van der Waals surface area contributed by atoms with Gasteiger partial charge in [-0.2, -0.15) is 13.2 Å². The number of rotatable bonds is 6. The Kier molecular flexibility index (Phi) is 5.06. The molecule has 0 saturated carbocycles. The van der Waals surface area contributed by atoms with E-state index in [4.69, 9.17) is 0 Å². The molecule has 0 aromatic carbocycles. The van der Waals surface area contributed by atoms with Gasteiger partial charge in [0.1, 0.15) is 11.2 Å². The zero-order valence-corrected chi connectivity index (χ0v) is 13.5. The Hall–Kier alpha value is -3.10. The third-order valence-electron chi connectivity index (χ3n) is 3.47. The summed E-state index contributed by atoms with van der Waals surface area (Å²) in [5, 5.41) is 2.64. The van der Waals surface area contributed by atoms with Crippen LogP contribution in [0.15, 0.2) is 48.9 Å². The summed E-state index contributed by atoms with van der Waals surface area (Å²) < 4.78 is 43.3. The summed E-state index contributed by atoms with van der Waals surface area (Å²) in [5.41, 5.74) is 1.53. The fraction of sp³-hybridized carbons (Fsp3) is 0.235. The maximum Gasteiger partial charge on any atom is 0.422 e. The minimum Gasteiger partial charge on any atom is -0.467 e. The van der Waals surface area contributed by atoms with E-state index in [1.54, 1.807) is 0 Å². The van der Waals surface area contributed by atoms with Gasteiger partial charge < -0.3 is 14.5 Å². The van der Waals surface area contributed by atoms with Crippen LogP contribution in [0.1, 0.15) is 16.1 Å². The van der Waals surface area contributed by atoms with Crippen LogP contribution < -0.4 is 10.1 Å². The number of amides is 1. The van der Waals surface area contributed by atoms with Gasteiger partial charge in [-0.25, -0.2) is 9.97 Å². The van der Waals surface area contributed by atoms with Crippen LogP contribution in [0.4, 0.5) is 13.2 Å². The average molecular weight is 364 g/mol. The van der Waals surface area contributed by atoms with Gasteiger partial charge in [-0.15, -0.1) is 0 Å². The first kappa shape index (κ1) is 17.7. The van der Waals surface area contributed by atoms with E-state index in [9.17, 15) is 18.0 Å². The van der Waals surface area contributed by atoms with Gasteiger partial charge in [-0.3, -0.25) is 4.79 Å². The van der Waals surface area contributed by atoms with Crippen molar-refractivity contribution in [1.29, 1.82) is 0 Å². The lowest BCUT2D eigenvalue weighted by atomic mass is 10.2. The van der Waals surface area contributed by atoms with E-state index in [0.717, 1.165) is 11.3 Å². The maximum atomic E-state index is 12.3. The Morgan fingerprint density at radius 2 is 2.08 bits per heavy atom. The second kappa shape index (κ2) is 7.42. The number of alkyl halides is 3. The quantitative estimate of drug-likeness (QED) is 0.730. The van der Waals surface area contributed by atoms with Crippen LogP contribution in [0, 0.1) is 0 Å². The summed E-state index contributed by atoms with van der Waals surface area (Å²) >= 11 is 0. The summed E-state index contributed by atoms with van der Waals surface area (Å²) in [6.07, 6.45) is 0.952. The van der Waals surface area contributed by atoms with Gasteiger partial charge in [0.15, 0.2) is 6.61 Å². The normalized spacial score (nSPS) is 11.5. The molecular weight excluding hydrogens is 349 g/mol. The first-order chi connectivity index (χ1) is 12.4. The molecule has 1 amide bonds. The molecule has 26 heavy (non-hydrogen) atoms. The highest BCUT2D eigenvalue weighted by molar-refractivity contribution is 5.96. The number of pyridine rings is 2.